The molecule has 3 atom stereocenters. The predicted molar refractivity (Wildman–Crippen MR) is 54.8 cm³/mol. The SMILES string of the molecule is CCOC(=O)CC[C@H]1C[C@@H]2CC[C@@H]1C2. The molecule has 2 nitrogen and oxygen atoms in total. The van der Waals surface area contributed by atoms with Crippen LogP contribution in [-0.4, -0.2) is 12.6 Å². The third-order valence-electron chi connectivity index (χ3n) is 3.91. The van der Waals surface area contributed by atoms with Crippen molar-refractivity contribution in [1.82, 2.24) is 0 Å². The highest BCUT2D eigenvalue weighted by Gasteiger charge is 2.39. The third-order valence-corrected chi connectivity index (χ3v) is 3.91. The molecule has 0 amide bonds. The average molecular weight is 196 g/mol. The van der Waals surface area contributed by atoms with Crippen LogP contribution in [0.25, 0.3) is 0 Å². The van der Waals surface area contributed by atoms with Crippen LogP contribution in [0.1, 0.15) is 45.4 Å². The number of rotatable bonds is 4. The minimum Gasteiger partial charge on any atom is -0.466 e. The first kappa shape index (κ1) is 10.0. The van der Waals surface area contributed by atoms with Gasteiger partial charge in [0.05, 0.1) is 6.61 Å². The summed E-state index contributed by atoms with van der Waals surface area (Å²) in [5, 5.41) is 0. The standard InChI is InChI=1S/C12H20O2/c1-2-14-12(13)6-5-11-8-9-3-4-10(11)7-9/h9-11H,2-8H2,1H3/t9-,10-,11+/m1/s1. The summed E-state index contributed by atoms with van der Waals surface area (Å²) in [5.41, 5.74) is 0. The highest BCUT2D eigenvalue weighted by atomic mass is 16.5. The summed E-state index contributed by atoms with van der Waals surface area (Å²) in [7, 11) is 0. The molecule has 0 spiro atoms. The van der Waals surface area contributed by atoms with E-state index < -0.39 is 0 Å². The Kier molecular flexibility index (Phi) is 3.09. The van der Waals surface area contributed by atoms with E-state index in [4.69, 9.17) is 4.74 Å². The first-order chi connectivity index (χ1) is 6.79. The molecule has 0 N–H and O–H groups in total. The zero-order valence-electron chi connectivity index (χ0n) is 9.00. The van der Waals surface area contributed by atoms with Crippen LogP contribution in [0.3, 0.4) is 0 Å². The molecule has 80 valence electrons. The van der Waals surface area contributed by atoms with Crippen molar-refractivity contribution in [2.24, 2.45) is 17.8 Å². The van der Waals surface area contributed by atoms with Gasteiger partial charge in [-0.05, 0) is 50.4 Å². The number of carbonyl (C=O) groups is 1. The van der Waals surface area contributed by atoms with Gasteiger partial charge in [0.1, 0.15) is 0 Å². The lowest BCUT2D eigenvalue weighted by Crippen LogP contribution is -2.13. The molecule has 2 heteroatoms. The monoisotopic (exact) mass is 196 g/mol. The summed E-state index contributed by atoms with van der Waals surface area (Å²) in [6.07, 6.45) is 7.39. The summed E-state index contributed by atoms with van der Waals surface area (Å²) in [6, 6.07) is 0. The predicted octanol–water partition coefficient (Wildman–Crippen LogP) is 2.77. The van der Waals surface area contributed by atoms with Gasteiger partial charge in [0.2, 0.25) is 0 Å². The first-order valence-corrected chi connectivity index (χ1v) is 5.95. The van der Waals surface area contributed by atoms with Crippen LogP contribution in [-0.2, 0) is 9.53 Å². The van der Waals surface area contributed by atoms with Gasteiger partial charge >= 0.3 is 5.97 Å². The Bertz CT molecular complexity index is 212. The van der Waals surface area contributed by atoms with E-state index in [1.54, 1.807) is 0 Å². The molecule has 2 aliphatic carbocycles. The molecule has 2 aliphatic rings. The minimum atomic E-state index is -0.00438. The van der Waals surface area contributed by atoms with Crippen LogP contribution >= 0.6 is 0 Å². The van der Waals surface area contributed by atoms with Crippen LogP contribution < -0.4 is 0 Å². The van der Waals surface area contributed by atoms with Crippen LogP contribution in [0.15, 0.2) is 0 Å². The highest BCUT2D eigenvalue weighted by molar-refractivity contribution is 5.69. The lowest BCUT2D eigenvalue weighted by molar-refractivity contribution is -0.143. The molecule has 14 heavy (non-hydrogen) atoms. The molecular weight excluding hydrogens is 176 g/mol. The summed E-state index contributed by atoms with van der Waals surface area (Å²) < 4.78 is 4.94. The number of hydrogen-bond donors (Lipinski definition) is 0. The van der Waals surface area contributed by atoms with Crippen LogP contribution in [0.4, 0.5) is 0 Å². The van der Waals surface area contributed by atoms with Crippen LogP contribution in [0.2, 0.25) is 0 Å². The Morgan fingerprint density at radius 3 is 2.79 bits per heavy atom. The maximum atomic E-state index is 11.2. The second-order valence-corrected chi connectivity index (χ2v) is 4.78. The number of hydrogen-bond acceptors (Lipinski definition) is 2. The Morgan fingerprint density at radius 2 is 2.21 bits per heavy atom. The number of fused-ring (bicyclic) bond motifs is 2. The smallest absolute Gasteiger partial charge is 0.305 e. The van der Waals surface area contributed by atoms with Crippen LogP contribution in [0.5, 0.6) is 0 Å². The molecule has 0 aromatic carbocycles. The molecule has 0 radical (unpaired) electrons. The maximum Gasteiger partial charge on any atom is 0.305 e. The Balaban J connectivity index is 1.69. The maximum absolute atomic E-state index is 11.2. The van der Waals surface area contributed by atoms with E-state index in [2.05, 4.69) is 0 Å². The van der Waals surface area contributed by atoms with E-state index in [-0.39, 0.29) is 5.97 Å². The lowest BCUT2D eigenvalue weighted by Gasteiger charge is -2.20. The van der Waals surface area contributed by atoms with Crippen LogP contribution in [0, 0.1) is 17.8 Å². The number of ether oxygens (including phenoxy) is 1. The Hall–Kier alpha value is -0.530. The quantitative estimate of drug-likeness (QED) is 0.646. The molecule has 0 aromatic heterocycles. The summed E-state index contributed by atoms with van der Waals surface area (Å²) in [5.74, 6) is 2.76. The van der Waals surface area contributed by atoms with E-state index in [9.17, 15) is 4.79 Å². The van der Waals surface area contributed by atoms with Gasteiger partial charge < -0.3 is 4.74 Å². The molecule has 0 unspecified atom stereocenters. The van der Waals surface area contributed by atoms with Gasteiger partial charge in [-0.2, -0.15) is 0 Å². The van der Waals surface area contributed by atoms with Gasteiger partial charge in [0.15, 0.2) is 0 Å². The molecule has 0 saturated heterocycles. The molecule has 0 heterocycles. The molecule has 2 fully saturated rings. The lowest BCUT2D eigenvalue weighted by atomic mass is 9.85. The van der Waals surface area contributed by atoms with E-state index in [1.807, 2.05) is 6.92 Å². The fourth-order valence-electron chi connectivity index (χ4n) is 3.27. The van der Waals surface area contributed by atoms with Crippen molar-refractivity contribution in [2.45, 2.75) is 45.4 Å². The van der Waals surface area contributed by atoms with Crippen molar-refractivity contribution in [3.8, 4) is 0 Å². The Morgan fingerprint density at radius 1 is 1.36 bits per heavy atom. The first-order valence-electron chi connectivity index (χ1n) is 5.95. The summed E-state index contributed by atoms with van der Waals surface area (Å²) in [4.78, 5) is 11.2. The van der Waals surface area contributed by atoms with E-state index in [0.29, 0.717) is 13.0 Å². The highest BCUT2D eigenvalue weighted by Crippen LogP contribution is 2.49. The van der Waals surface area contributed by atoms with Gasteiger partial charge in [-0.1, -0.05) is 6.42 Å². The topological polar surface area (TPSA) is 26.3 Å². The third kappa shape index (κ3) is 2.10. The number of esters is 1. The molecular formula is C12H20O2. The van der Waals surface area contributed by atoms with Crippen molar-refractivity contribution in [3.63, 3.8) is 0 Å². The molecule has 2 bridgehead atoms. The van der Waals surface area contributed by atoms with Gasteiger partial charge in [0.25, 0.3) is 0 Å². The zero-order chi connectivity index (χ0) is 9.97. The fourth-order valence-corrected chi connectivity index (χ4v) is 3.27. The van der Waals surface area contributed by atoms with Crippen molar-refractivity contribution >= 4 is 5.97 Å². The van der Waals surface area contributed by atoms with Crippen molar-refractivity contribution in [3.05, 3.63) is 0 Å². The largest absolute Gasteiger partial charge is 0.466 e. The second kappa shape index (κ2) is 4.33. The molecule has 0 aliphatic heterocycles. The van der Waals surface area contributed by atoms with E-state index in [1.165, 1.54) is 25.7 Å². The Labute approximate surface area is 86.0 Å². The van der Waals surface area contributed by atoms with Gasteiger partial charge in [-0.15, -0.1) is 0 Å². The number of carbonyl (C=O) groups excluding carboxylic acids is 1. The van der Waals surface area contributed by atoms with Crippen molar-refractivity contribution < 1.29 is 9.53 Å². The molecule has 2 rings (SSSR count). The van der Waals surface area contributed by atoms with Crippen molar-refractivity contribution in [1.29, 1.82) is 0 Å². The normalized spacial score (nSPS) is 34.8. The fraction of sp³-hybridized carbons (Fsp3) is 0.917. The van der Waals surface area contributed by atoms with Gasteiger partial charge in [0, 0.05) is 6.42 Å². The molecule has 0 aromatic rings. The van der Waals surface area contributed by atoms with Crippen molar-refractivity contribution in [2.75, 3.05) is 6.61 Å². The van der Waals surface area contributed by atoms with E-state index >= 15 is 0 Å². The molecule has 2 saturated carbocycles. The van der Waals surface area contributed by atoms with Gasteiger partial charge in [-0.3, -0.25) is 4.79 Å². The average Bonchev–Trinajstić information content (AvgIpc) is 2.76. The second-order valence-electron chi connectivity index (χ2n) is 4.78. The minimum absolute atomic E-state index is 0.00438. The zero-order valence-corrected chi connectivity index (χ0v) is 9.00. The summed E-state index contributed by atoms with van der Waals surface area (Å²) in [6.45, 7) is 2.39. The summed E-state index contributed by atoms with van der Waals surface area (Å²) >= 11 is 0. The van der Waals surface area contributed by atoms with E-state index in [0.717, 1.165) is 24.2 Å². The van der Waals surface area contributed by atoms with Gasteiger partial charge in [-0.25, -0.2) is 0 Å².